The topological polar surface area (TPSA) is 25.8 Å². The van der Waals surface area contributed by atoms with Gasteiger partial charge in [-0.25, -0.2) is 0 Å². The minimum Gasteiger partial charge on any atom is -0.143 e. The second-order valence-electron chi connectivity index (χ2n) is 6.64. The fourth-order valence-electron chi connectivity index (χ4n) is 5.02. The van der Waals surface area contributed by atoms with Crippen LogP contribution in [-0.2, 0) is 11.8 Å². The first-order valence-electron chi connectivity index (χ1n) is 7.16. The van der Waals surface area contributed by atoms with E-state index < -0.39 is 0 Å². The SMILES string of the molecule is ClCCc1nnc(C23CC4CC(CC(C4)C2)C3)s1. The summed E-state index contributed by atoms with van der Waals surface area (Å²) in [5.41, 5.74) is 0.414. The van der Waals surface area contributed by atoms with Crippen molar-refractivity contribution in [3.63, 3.8) is 0 Å². The van der Waals surface area contributed by atoms with Crippen molar-refractivity contribution in [1.29, 1.82) is 0 Å². The molecule has 4 aliphatic carbocycles. The maximum atomic E-state index is 5.80. The van der Waals surface area contributed by atoms with E-state index in [1.807, 2.05) is 11.3 Å². The Morgan fingerprint density at radius 3 is 2.22 bits per heavy atom. The van der Waals surface area contributed by atoms with Gasteiger partial charge >= 0.3 is 0 Å². The molecule has 0 spiro atoms. The molecule has 4 heteroatoms. The lowest BCUT2D eigenvalue weighted by atomic mass is 9.50. The average molecular weight is 283 g/mol. The second kappa shape index (κ2) is 4.17. The summed E-state index contributed by atoms with van der Waals surface area (Å²) >= 11 is 7.64. The van der Waals surface area contributed by atoms with Gasteiger partial charge in [0.15, 0.2) is 0 Å². The van der Waals surface area contributed by atoms with E-state index >= 15 is 0 Å². The van der Waals surface area contributed by atoms with Gasteiger partial charge in [0.25, 0.3) is 0 Å². The van der Waals surface area contributed by atoms with Gasteiger partial charge in [0, 0.05) is 17.7 Å². The Bertz CT molecular complexity index is 421. The standard InChI is InChI=1S/C14H19ClN2S/c15-2-1-12-16-17-13(18-12)14-6-9-3-10(7-14)5-11(4-9)8-14/h9-11H,1-8H2. The highest BCUT2D eigenvalue weighted by atomic mass is 35.5. The Balaban J connectivity index is 1.66. The third-order valence-electron chi connectivity index (χ3n) is 5.27. The molecule has 0 aromatic carbocycles. The molecule has 0 saturated heterocycles. The summed E-state index contributed by atoms with van der Waals surface area (Å²) < 4.78 is 0. The zero-order valence-electron chi connectivity index (χ0n) is 10.6. The van der Waals surface area contributed by atoms with Gasteiger partial charge in [0.2, 0.25) is 0 Å². The number of hydrogen-bond donors (Lipinski definition) is 0. The summed E-state index contributed by atoms with van der Waals surface area (Å²) in [5, 5.41) is 11.4. The summed E-state index contributed by atoms with van der Waals surface area (Å²) in [6.45, 7) is 0. The first kappa shape index (κ1) is 11.7. The highest BCUT2D eigenvalue weighted by Crippen LogP contribution is 2.60. The maximum absolute atomic E-state index is 5.80. The van der Waals surface area contributed by atoms with E-state index in [0.29, 0.717) is 11.3 Å². The predicted octanol–water partition coefficient (Wildman–Crippen LogP) is 3.79. The number of rotatable bonds is 3. The van der Waals surface area contributed by atoms with Crippen LogP contribution in [0.15, 0.2) is 0 Å². The van der Waals surface area contributed by atoms with Gasteiger partial charge in [0.05, 0.1) is 0 Å². The average Bonchev–Trinajstić information content (AvgIpc) is 2.77. The summed E-state index contributed by atoms with van der Waals surface area (Å²) in [6, 6.07) is 0. The normalized spacial score (nSPS) is 41.5. The van der Waals surface area contributed by atoms with Crippen LogP contribution in [0.3, 0.4) is 0 Å². The lowest BCUT2D eigenvalue weighted by Crippen LogP contribution is -2.48. The van der Waals surface area contributed by atoms with E-state index in [0.717, 1.165) is 29.2 Å². The molecule has 0 radical (unpaired) electrons. The third kappa shape index (κ3) is 1.74. The molecule has 0 unspecified atom stereocenters. The van der Waals surface area contributed by atoms with E-state index in [-0.39, 0.29) is 0 Å². The molecule has 1 heterocycles. The van der Waals surface area contributed by atoms with Gasteiger partial charge in [-0.1, -0.05) is 0 Å². The van der Waals surface area contributed by atoms with Crippen molar-refractivity contribution in [2.45, 2.75) is 50.4 Å². The molecule has 18 heavy (non-hydrogen) atoms. The van der Waals surface area contributed by atoms with Gasteiger partial charge in [-0.2, -0.15) is 0 Å². The van der Waals surface area contributed by atoms with Gasteiger partial charge in [-0.3, -0.25) is 0 Å². The Labute approximate surface area is 117 Å². The number of nitrogens with zero attached hydrogens (tertiary/aromatic N) is 2. The minimum absolute atomic E-state index is 0.414. The molecule has 2 nitrogen and oxygen atoms in total. The molecule has 0 amide bonds. The first-order chi connectivity index (χ1) is 8.77. The maximum Gasteiger partial charge on any atom is 0.123 e. The molecule has 0 aliphatic heterocycles. The van der Waals surface area contributed by atoms with E-state index in [1.54, 1.807) is 0 Å². The highest BCUT2D eigenvalue weighted by Gasteiger charge is 2.53. The van der Waals surface area contributed by atoms with Gasteiger partial charge in [-0.05, 0) is 56.3 Å². The molecule has 4 bridgehead atoms. The molecule has 4 aliphatic rings. The fourth-order valence-corrected chi connectivity index (χ4v) is 6.37. The second-order valence-corrected chi connectivity index (χ2v) is 8.08. The molecule has 0 atom stereocenters. The fraction of sp³-hybridized carbons (Fsp3) is 0.857. The van der Waals surface area contributed by atoms with Crippen molar-refractivity contribution in [1.82, 2.24) is 10.2 Å². The smallest absolute Gasteiger partial charge is 0.123 e. The molecule has 4 saturated carbocycles. The third-order valence-corrected chi connectivity index (χ3v) is 6.69. The van der Waals surface area contributed by atoms with Gasteiger partial charge in [0.1, 0.15) is 10.0 Å². The van der Waals surface area contributed by atoms with E-state index in [4.69, 9.17) is 11.6 Å². The molecular weight excluding hydrogens is 264 g/mol. The number of alkyl halides is 1. The van der Waals surface area contributed by atoms with Crippen molar-refractivity contribution < 1.29 is 0 Å². The predicted molar refractivity (Wildman–Crippen MR) is 74.2 cm³/mol. The van der Waals surface area contributed by atoms with Crippen LogP contribution < -0.4 is 0 Å². The van der Waals surface area contributed by atoms with Crippen molar-refractivity contribution in [3.05, 3.63) is 10.0 Å². The molecule has 1 aromatic heterocycles. The summed E-state index contributed by atoms with van der Waals surface area (Å²) in [4.78, 5) is 0. The minimum atomic E-state index is 0.414. The van der Waals surface area contributed by atoms with Crippen molar-refractivity contribution in [2.75, 3.05) is 5.88 Å². The number of halogens is 1. The monoisotopic (exact) mass is 282 g/mol. The van der Waals surface area contributed by atoms with Gasteiger partial charge < -0.3 is 0 Å². The zero-order chi connectivity index (χ0) is 12.2. The first-order valence-corrected chi connectivity index (χ1v) is 8.51. The van der Waals surface area contributed by atoms with Crippen LogP contribution in [0.2, 0.25) is 0 Å². The van der Waals surface area contributed by atoms with Crippen LogP contribution in [-0.4, -0.2) is 16.1 Å². The molecule has 5 rings (SSSR count). The summed E-state index contributed by atoms with van der Waals surface area (Å²) in [5.74, 6) is 3.61. The van der Waals surface area contributed by atoms with Gasteiger partial charge in [-0.15, -0.1) is 33.1 Å². The van der Waals surface area contributed by atoms with Crippen LogP contribution in [0.4, 0.5) is 0 Å². The number of hydrogen-bond acceptors (Lipinski definition) is 3. The Kier molecular flexibility index (Phi) is 2.70. The number of aromatic nitrogens is 2. The lowest BCUT2D eigenvalue weighted by molar-refractivity contribution is -0.00555. The molecule has 1 aromatic rings. The van der Waals surface area contributed by atoms with Crippen molar-refractivity contribution in [2.24, 2.45) is 17.8 Å². The summed E-state index contributed by atoms with van der Waals surface area (Å²) in [6.07, 6.45) is 9.51. The van der Waals surface area contributed by atoms with Crippen molar-refractivity contribution in [3.8, 4) is 0 Å². The Morgan fingerprint density at radius 1 is 1.06 bits per heavy atom. The van der Waals surface area contributed by atoms with Crippen LogP contribution in [0.25, 0.3) is 0 Å². The Hall–Kier alpha value is -0.150. The zero-order valence-corrected chi connectivity index (χ0v) is 12.1. The van der Waals surface area contributed by atoms with E-state index in [2.05, 4.69) is 10.2 Å². The van der Waals surface area contributed by atoms with Crippen LogP contribution in [0.5, 0.6) is 0 Å². The molecule has 4 fully saturated rings. The Morgan fingerprint density at radius 2 is 1.67 bits per heavy atom. The largest absolute Gasteiger partial charge is 0.143 e. The molecular formula is C14H19ClN2S. The summed E-state index contributed by atoms with van der Waals surface area (Å²) in [7, 11) is 0. The molecule has 0 N–H and O–H groups in total. The quantitative estimate of drug-likeness (QED) is 0.789. The van der Waals surface area contributed by atoms with Crippen molar-refractivity contribution >= 4 is 22.9 Å². The van der Waals surface area contributed by atoms with Crippen LogP contribution >= 0.6 is 22.9 Å². The van der Waals surface area contributed by atoms with Crippen LogP contribution in [0, 0.1) is 17.8 Å². The highest BCUT2D eigenvalue weighted by molar-refractivity contribution is 7.11. The lowest BCUT2D eigenvalue weighted by Gasteiger charge is -2.55. The van der Waals surface area contributed by atoms with Crippen LogP contribution in [0.1, 0.15) is 48.5 Å². The number of aryl methyl sites for hydroxylation is 1. The van der Waals surface area contributed by atoms with E-state index in [1.165, 1.54) is 43.5 Å². The van der Waals surface area contributed by atoms with E-state index in [9.17, 15) is 0 Å². The molecule has 98 valence electrons.